The molecule has 9 nitrogen and oxygen atoms in total. The number of carbonyl (C=O) groups is 2. The molecule has 1 aromatic carbocycles. The van der Waals surface area contributed by atoms with Crippen LogP contribution in [0.15, 0.2) is 40.5 Å². The highest BCUT2D eigenvalue weighted by Gasteiger charge is 2.24. The average molecular weight is 398 g/mol. The normalized spacial score (nSPS) is 13.3. The van der Waals surface area contributed by atoms with Gasteiger partial charge in [0.1, 0.15) is 6.54 Å². The molecule has 1 aliphatic carbocycles. The number of anilines is 1. The van der Waals surface area contributed by atoms with E-state index in [2.05, 4.69) is 21.1 Å². The summed E-state index contributed by atoms with van der Waals surface area (Å²) in [4.78, 5) is 37.1. The van der Waals surface area contributed by atoms with Crippen LogP contribution in [0.5, 0.6) is 0 Å². The maximum absolute atomic E-state index is 12.4. The highest BCUT2D eigenvalue weighted by atomic mass is 32.1. The SMILES string of the molecule is Cc1csc(C(=O)Nc2ccc(-n3nnn(CC(=O)NC4CC4)c3=O)cc2)c1. The zero-order chi connectivity index (χ0) is 19.7. The lowest BCUT2D eigenvalue weighted by Gasteiger charge is -2.05. The first kappa shape index (κ1) is 18.1. The van der Waals surface area contributed by atoms with Crippen LogP contribution in [0.1, 0.15) is 28.1 Å². The first-order chi connectivity index (χ1) is 13.5. The molecular formula is C18H18N6O3S. The Morgan fingerprint density at radius 2 is 1.96 bits per heavy atom. The lowest BCUT2D eigenvalue weighted by molar-refractivity contribution is -0.122. The maximum atomic E-state index is 12.4. The second-order valence-corrected chi connectivity index (χ2v) is 7.57. The molecule has 0 spiro atoms. The summed E-state index contributed by atoms with van der Waals surface area (Å²) in [5.74, 6) is -0.436. The number of aromatic nitrogens is 4. The van der Waals surface area contributed by atoms with Crippen molar-refractivity contribution in [3.63, 3.8) is 0 Å². The second-order valence-electron chi connectivity index (χ2n) is 6.66. The highest BCUT2D eigenvalue weighted by Crippen LogP contribution is 2.18. The van der Waals surface area contributed by atoms with Crippen molar-refractivity contribution < 1.29 is 9.59 Å². The fourth-order valence-corrected chi connectivity index (χ4v) is 3.39. The molecule has 4 rings (SSSR count). The second kappa shape index (κ2) is 7.39. The van der Waals surface area contributed by atoms with Crippen molar-refractivity contribution in [3.05, 3.63) is 56.6 Å². The Morgan fingerprint density at radius 3 is 2.61 bits per heavy atom. The first-order valence-corrected chi connectivity index (χ1v) is 9.67. The largest absolute Gasteiger partial charge is 0.368 e. The van der Waals surface area contributed by atoms with E-state index in [-0.39, 0.29) is 24.4 Å². The Bertz CT molecular complexity index is 1080. The summed E-state index contributed by atoms with van der Waals surface area (Å²) in [6, 6.07) is 8.71. The van der Waals surface area contributed by atoms with Crippen LogP contribution in [0.2, 0.25) is 0 Å². The fraction of sp³-hybridized carbons (Fsp3) is 0.278. The van der Waals surface area contributed by atoms with Crippen LogP contribution in [-0.4, -0.2) is 37.6 Å². The van der Waals surface area contributed by atoms with Gasteiger partial charge in [-0.1, -0.05) is 0 Å². The lowest BCUT2D eigenvalue weighted by atomic mass is 10.2. The van der Waals surface area contributed by atoms with Gasteiger partial charge >= 0.3 is 5.69 Å². The van der Waals surface area contributed by atoms with Gasteiger partial charge in [0.05, 0.1) is 10.6 Å². The summed E-state index contributed by atoms with van der Waals surface area (Å²) >= 11 is 1.38. The van der Waals surface area contributed by atoms with Gasteiger partial charge in [0, 0.05) is 11.7 Å². The lowest BCUT2D eigenvalue weighted by Crippen LogP contribution is -2.34. The van der Waals surface area contributed by atoms with E-state index in [9.17, 15) is 14.4 Å². The molecule has 28 heavy (non-hydrogen) atoms. The minimum atomic E-state index is -0.503. The van der Waals surface area contributed by atoms with E-state index in [0.29, 0.717) is 16.3 Å². The third-order valence-electron chi connectivity index (χ3n) is 4.20. The molecule has 2 N–H and O–H groups in total. The van der Waals surface area contributed by atoms with E-state index in [1.165, 1.54) is 11.3 Å². The standard InChI is InChI=1S/C18H18N6O3S/c1-11-8-15(28-10-11)17(26)20-13-4-6-14(7-5-13)24-18(27)23(21-22-24)9-16(25)19-12-2-3-12/h4-8,10,12H,2-3,9H2,1H3,(H,19,25)(H,20,26). The summed E-state index contributed by atoms with van der Waals surface area (Å²) in [6.45, 7) is 1.77. The Kier molecular flexibility index (Phi) is 4.78. The van der Waals surface area contributed by atoms with Crippen molar-refractivity contribution in [2.45, 2.75) is 32.4 Å². The average Bonchev–Trinajstić information content (AvgIpc) is 3.26. The Morgan fingerprint density at radius 1 is 1.21 bits per heavy atom. The van der Waals surface area contributed by atoms with Crippen molar-refractivity contribution in [1.29, 1.82) is 0 Å². The number of hydrogen-bond donors (Lipinski definition) is 2. The molecule has 2 heterocycles. The third-order valence-corrected chi connectivity index (χ3v) is 5.25. The number of tetrazole rings is 1. The Balaban J connectivity index is 1.44. The van der Waals surface area contributed by atoms with Gasteiger partial charge in [-0.3, -0.25) is 9.59 Å². The number of nitrogens with one attached hydrogen (secondary N) is 2. The molecule has 0 unspecified atom stereocenters. The topological polar surface area (TPSA) is 111 Å². The number of benzene rings is 1. The molecule has 0 radical (unpaired) electrons. The number of aryl methyl sites for hydroxylation is 1. The third kappa shape index (κ3) is 4.01. The highest BCUT2D eigenvalue weighted by molar-refractivity contribution is 7.12. The number of nitrogens with zero attached hydrogens (tertiary/aromatic N) is 4. The van der Waals surface area contributed by atoms with Crippen molar-refractivity contribution in [2.24, 2.45) is 0 Å². The van der Waals surface area contributed by atoms with E-state index in [4.69, 9.17) is 0 Å². The van der Waals surface area contributed by atoms with Crippen molar-refractivity contribution in [1.82, 2.24) is 25.1 Å². The van der Waals surface area contributed by atoms with Gasteiger partial charge in [0.25, 0.3) is 5.91 Å². The Labute approximate surface area is 164 Å². The number of amides is 2. The van der Waals surface area contributed by atoms with E-state index >= 15 is 0 Å². The van der Waals surface area contributed by atoms with Gasteiger partial charge in [-0.05, 0) is 71.5 Å². The molecule has 0 saturated heterocycles. The van der Waals surface area contributed by atoms with Crippen LogP contribution >= 0.6 is 11.3 Å². The first-order valence-electron chi connectivity index (χ1n) is 8.79. The molecule has 3 aromatic rings. The number of thiophene rings is 1. The molecule has 10 heteroatoms. The van der Waals surface area contributed by atoms with E-state index < -0.39 is 5.69 Å². The summed E-state index contributed by atoms with van der Waals surface area (Å²) in [6.07, 6.45) is 1.95. The minimum Gasteiger partial charge on any atom is -0.352 e. The number of hydrogen-bond acceptors (Lipinski definition) is 6. The van der Waals surface area contributed by atoms with Crippen molar-refractivity contribution in [2.75, 3.05) is 5.32 Å². The summed E-state index contributed by atoms with van der Waals surface area (Å²) < 4.78 is 2.13. The molecule has 1 saturated carbocycles. The molecular weight excluding hydrogens is 380 g/mol. The summed E-state index contributed by atoms with van der Waals surface area (Å²) in [5.41, 5.74) is 1.63. The molecule has 2 aromatic heterocycles. The van der Waals surface area contributed by atoms with Crippen LogP contribution in [-0.2, 0) is 11.3 Å². The Hall–Kier alpha value is -3.27. The molecule has 2 amide bonds. The van der Waals surface area contributed by atoms with Crippen molar-refractivity contribution in [3.8, 4) is 5.69 Å². The van der Waals surface area contributed by atoms with Crippen molar-refractivity contribution >= 4 is 28.8 Å². The van der Waals surface area contributed by atoms with Crippen LogP contribution < -0.4 is 16.3 Å². The quantitative estimate of drug-likeness (QED) is 0.651. The fourth-order valence-electron chi connectivity index (χ4n) is 2.60. The molecule has 0 bridgehead atoms. The molecule has 0 atom stereocenters. The maximum Gasteiger partial charge on any atom is 0.368 e. The smallest absolute Gasteiger partial charge is 0.352 e. The van der Waals surface area contributed by atoms with Gasteiger partial charge in [0.15, 0.2) is 0 Å². The van der Waals surface area contributed by atoms with Crippen LogP contribution in [0.25, 0.3) is 5.69 Å². The molecule has 144 valence electrons. The van der Waals surface area contributed by atoms with Gasteiger partial charge in [-0.25, -0.2) is 4.79 Å². The molecule has 1 aliphatic rings. The van der Waals surface area contributed by atoms with Gasteiger partial charge in [-0.15, -0.1) is 11.3 Å². The van der Waals surface area contributed by atoms with Gasteiger partial charge in [-0.2, -0.15) is 9.36 Å². The molecule has 1 fully saturated rings. The predicted octanol–water partition coefficient (Wildman–Crippen LogP) is 1.33. The van der Waals surface area contributed by atoms with Crippen LogP contribution in [0.4, 0.5) is 5.69 Å². The minimum absolute atomic E-state index is 0.163. The summed E-state index contributed by atoms with van der Waals surface area (Å²) in [7, 11) is 0. The van der Waals surface area contributed by atoms with Gasteiger partial charge in [0.2, 0.25) is 5.91 Å². The molecule has 0 aliphatic heterocycles. The monoisotopic (exact) mass is 398 g/mol. The van der Waals surface area contributed by atoms with Gasteiger partial charge < -0.3 is 10.6 Å². The number of rotatable bonds is 6. The van der Waals surface area contributed by atoms with Crippen LogP contribution in [0, 0.1) is 6.92 Å². The van der Waals surface area contributed by atoms with E-state index in [0.717, 1.165) is 27.8 Å². The summed E-state index contributed by atoms with van der Waals surface area (Å²) in [5, 5.41) is 15.1. The zero-order valence-electron chi connectivity index (χ0n) is 15.1. The van der Waals surface area contributed by atoms with E-state index in [1.807, 2.05) is 18.4 Å². The predicted molar refractivity (Wildman–Crippen MR) is 104 cm³/mol. The van der Waals surface area contributed by atoms with E-state index in [1.54, 1.807) is 24.3 Å². The zero-order valence-corrected chi connectivity index (χ0v) is 15.9. The van der Waals surface area contributed by atoms with Crippen LogP contribution in [0.3, 0.4) is 0 Å². The number of carbonyl (C=O) groups excluding carboxylic acids is 2.